The standard InChI is InChI=1S/C18H22ClN5O.ClH/c1-23(13-8-10-20-11-9-13)18(25)16-21-17(12-6-7-12)24(22-16)15-5-3-2-4-14(15)19;/h2-5,12-13,20H,6-11H2,1H3;1H. The van der Waals surface area contributed by atoms with Crippen molar-refractivity contribution in [3.63, 3.8) is 0 Å². The fourth-order valence-electron chi connectivity index (χ4n) is 3.34. The number of benzene rings is 1. The highest BCUT2D eigenvalue weighted by Crippen LogP contribution is 2.40. The van der Waals surface area contributed by atoms with Gasteiger partial charge in [-0.25, -0.2) is 9.67 Å². The molecule has 8 heteroatoms. The molecule has 2 aromatic rings. The summed E-state index contributed by atoms with van der Waals surface area (Å²) < 4.78 is 1.75. The van der Waals surface area contributed by atoms with E-state index < -0.39 is 0 Å². The first-order valence-electron chi connectivity index (χ1n) is 8.85. The number of piperidine rings is 1. The fraction of sp³-hybridized carbons (Fsp3) is 0.500. The van der Waals surface area contributed by atoms with Crippen molar-refractivity contribution in [2.24, 2.45) is 0 Å². The molecule has 1 saturated heterocycles. The number of halogens is 2. The average Bonchev–Trinajstić information content (AvgIpc) is 3.40. The van der Waals surface area contributed by atoms with Crippen LogP contribution in [0.2, 0.25) is 5.02 Å². The van der Waals surface area contributed by atoms with Crippen LogP contribution in [-0.2, 0) is 0 Å². The Morgan fingerprint density at radius 3 is 2.58 bits per heavy atom. The number of nitrogens with zero attached hydrogens (tertiary/aromatic N) is 4. The van der Waals surface area contributed by atoms with Crippen molar-refractivity contribution in [3.8, 4) is 5.69 Å². The maximum absolute atomic E-state index is 12.9. The Hall–Kier alpha value is -1.63. The zero-order valence-electron chi connectivity index (χ0n) is 14.7. The quantitative estimate of drug-likeness (QED) is 0.863. The van der Waals surface area contributed by atoms with E-state index in [0.29, 0.717) is 10.9 Å². The number of nitrogens with one attached hydrogen (secondary N) is 1. The van der Waals surface area contributed by atoms with E-state index in [1.807, 2.05) is 31.3 Å². The first-order chi connectivity index (χ1) is 12.1. The van der Waals surface area contributed by atoms with Gasteiger partial charge in [0.1, 0.15) is 5.82 Å². The van der Waals surface area contributed by atoms with E-state index in [1.54, 1.807) is 9.58 Å². The van der Waals surface area contributed by atoms with Crippen LogP contribution in [-0.4, -0.2) is 51.8 Å². The van der Waals surface area contributed by atoms with Gasteiger partial charge in [0.2, 0.25) is 5.82 Å². The van der Waals surface area contributed by atoms with E-state index >= 15 is 0 Å². The summed E-state index contributed by atoms with van der Waals surface area (Å²) in [5.74, 6) is 1.37. The molecule has 1 N–H and O–H groups in total. The molecule has 0 radical (unpaired) electrons. The van der Waals surface area contributed by atoms with Gasteiger partial charge < -0.3 is 10.2 Å². The largest absolute Gasteiger partial charge is 0.336 e. The molecule has 0 unspecified atom stereocenters. The highest BCUT2D eigenvalue weighted by Gasteiger charge is 2.33. The number of carbonyl (C=O) groups excluding carboxylic acids is 1. The summed E-state index contributed by atoms with van der Waals surface area (Å²) in [5.41, 5.74) is 0.780. The van der Waals surface area contributed by atoms with Gasteiger partial charge in [0.05, 0.1) is 10.7 Å². The van der Waals surface area contributed by atoms with Crippen LogP contribution in [0.4, 0.5) is 0 Å². The van der Waals surface area contributed by atoms with Gasteiger partial charge in [-0.05, 0) is 50.9 Å². The normalized spacial score (nSPS) is 17.6. The molecule has 1 aliphatic heterocycles. The summed E-state index contributed by atoms with van der Waals surface area (Å²) in [6.45, 7) is 1.88. The second kappa shape index (κ2) is 7.94. The van der Waals surface area contributed by atoms with E-state index in [0.717, 1.165) is 50.3 Å². The van der Waals surface area contributed by atoms with Gasteiger partial charge in [-0.15, -0.1) is 17.5 Å². The smallest absolute Gasteiger partial charge is 0.293 e. The van der Waals surface area contributed by atoms with Crippen molar-refractivity contribution in [1.29, 1.82) is 0 Å². The maximum atomic E-state index is 12.9. The minimum Gasteiger partial charge on any atom is -0.336 e. The number of carbonyl (C=O) groups is 1. The number of amides is 1. The van der Waals surface area contributed by atoms with Crippen molar-refractivity contribution in [2.45, 2.75) is 37.6 Å². The molecule has 1 saturated carbocycles. The molecule has 140 valence electrons. The summed E-state index contributed by atoms with van der Waals surface area (Å²) in [7, 11) is 1.85. The van der Waals surface area contributed by atoms with Crippen LogP contribution in [0.15, 0.2) is 24.3 Å². The highest BCUT2D eigenvalue weighted by atomic mass is 35.5. The van der Waals surface area contributed by atoms with Gasteiger partial charge in [-0.3, -0.25) is 4.79 Å². The van der Waals surface area contributed by atoms with Gasteiger partial charge in [-0.2, -0.15) is 0 Å². The molecule has 0 atom stereocenters. The summed E-state index contributed by atoms with van der Waals surface area (Å²) in [5, 5.41) is 8.47. The molecule has 2 aliphatic rings. The van der Waals surface area contributed by atoms with Crippen LogP contribution in [0.25, 0.3) is 5.69 Å². The Morgan fingerprint density at radius 2 is 1.92 bits per heavy atom. The Balaban J connectivity index is 0.00000196. The predicted octanol–water partition coefficient (Wildman–Crippen LogP) is 3.04. The Morgan fingerprint density at radius 1 is 1.23 bits per heavy atom. The lowest BCUT2D eigenvalue weighted by Crippen LogP contribution is -2.44. The summed E-state index contributed by atoms with van der Waals surface area (Å²) >= 11 is 6.34. The van der Waals surface area contributed by atoms with Crippen LogP contribution in [0.1, 0.15) is 48.0 Å². The van der Waals surface area contributed by atoms with Gasteiger partial charge >= 0.3 is 0 Å². The van der Waals surface area contributed by atoms with E-state index in [4.69, 9.17) is 11.6 Å². The zero-order valence-corrected chi connectivity index (χ0v) is 16.3. The molecular weight excluding hydrogens is 373 g/mol. The number of hydrogen-bond donors (Lipinski definition) is 1. The monoisotopic (exact) mass is 395 g/mol. The molecule has 6 nitrogen and oxygen atoms in total. The van der Waals surface area contributed by atoms with Crippen molar-refractivity contribution in [1.82, 2.24) is 25.0 Å². The first kappa shape index (κ1) is 19.1. The van der Waals surface area contributed by atoms with E-state index in [9.17, 15) is 4.79 Å². The van der Waals surface area contributed by atoms with Gasteiger partial charge in [0.25, 0.3) is 5.91 Å². The number of aromatic nitrogens is 3. The Kier molecular flexibility index (Phi) is 5.85. The zero-order chi connectivity index (χ0) is 17.4. The third kappa shape index (κ3) is 3.72. The average molecular weight is 396 g/mol. The molecule has 1 aliphatic carbocycles. The van der Waals surface area contributed by atoms with E-state index in [2.05, 4.69) is 15.4 Å². The molecule has 1 amide bonds. The van der Waals surface area contributed by atoms with E-state index in [-0.39, 0.29) is 30.2 Å². The van der Waals surface area contributed by atoms with Crippen LogP contribution in [0.3, 0.4) is 0 Å². The number of rotatable bonds is 4. The second-order valence-electron chi connectivity index (χ2n) is 6.83. The van der Waals surface area contributed by atoms with Gasteiger partial charge in [0, 0.05) is 19.0 Å². The molecular formula is C18H23Cl2N5O. The molecule has 2 fully saturated rings. The predicted molar refractivity (Wildman–Crippen MR) is 104 cm³/mol. The van der Waals surface area contributed by atoms with Crippen molar-refractivity contribution in [3.05, 3.63) is 40.9 Å². The molecule has 4 rings (SSSR count). The van der Waals surface area contributed by atoms with Crippen molar-refractivity contribution in [2.75, 3.05) is 20.1 Å². The third-order valence-corrected chi connectivity index (χ3v) is 5.34. The minimum atomic E-state index is -0.111. The number of hydrogen-bond acceptors (Lipinski definition) is 4. The lowest BCUT2D eigenvalue weighted by molar-refractivity contribution is 0.0691. The van der Waals surface area contributed by atoms with Crippen LogP contribution in [0, 0.1) is 0 Å². The minimum absolute atomic E-state index is 0. The van der Waals surface area contributed by atoms with Crippen molar-refractivity contribution < 1.29 is 4.79 Å². The topological polar surface area (TPSA) is 63.1 Å². The van der Waals surface area contributed by atoms with Crippen LogP contribution in [0.5, 0.6) is 0 Å². The lowest BCUT2D eigenvalue weighted by atomic mass is 10.1. The molecule has 1 aromatic heterocycles. The summed E-state index contributed by atoms with van der Waals surface area (Å²) in [4.78, 5) is 19.3. The maximum Gasteiger partial charge on any atom is 0.293 e. The van der Waals surface area contributed by atoms with Gasteiger partial charge in [-0.1, -0.05) is 23.7 Å². The fourth-order valence-corrected chi connectivity index (χ4v) is 3.55. The van der Waals surface area contributed by atoms with Crippen LogP contribution >= 0.6 is 24.0 Å². The van der Waals surface area contributed by atoms with Crippen molar-refractivity contribution >= 4 is 29.9 Å². The van der Waals surface area contributed by atoms with Crippen LogP contribution < -0.4 is 5.32 Å². The van der Waals surface area contributed by atoms with Gasteiger partial charge in [0.15, 0.2) is 0 Å². The number of para-hydroxylation sites is 1. The first-order valence-corrected chi connectivity index (χ1v) is 9.22. The van der Waals surface area contributed by atoms with E-state index in [1.165, 1.54) is 0 Å². The molecule has 26 heavy (non-hydrogen) atoms. The Bertz CT molecular complexity index is 784. The molecule has 2 heterocycles. The Labute approximate surface area is 164 Å². The summed E-state index contributed by atoms with van der Waals surface area (Å²) in [6, 6.07) is 7.79. The molecule has 1 aromatic carbocycles. The summed E-state index contributed by atoms with van der Waals surface area (Å²) in [6.07, 6.45) is 4.09. The third-order valence-electron chi connectivity index (χ3n) is 5.02. The lowest BCUT2D eigenvalue weighted by Gasteiger charge is -2.30. The SMILES string of the molecule is CN(C(=O)c1nc(C2CC2)n(-c2ccccc2Cl)n1)C1CCNCC1.Cl. The molecule has 0 spiro atoms. The second-order valence-corrected chi connectivity index (χ2v) is 7.24. The molecule has 0 bridgehead atoms. The highest BCUT2D eigenvalue weighted by molar-refractivity contribution is 6.32.